The average molecular weight is 693 g/mol. The molecular formula is C18H17Br4N2O7+. The molecule has 1 amide bonds. The second-order valence-corrected chi connectivity index (χ2v) is 8.99. The Labute approximate surface area is 211 Å². The van der Waals surface area contributed by atoms with E-state index in [0.29, 0.717) is 33.5 Å². The third-order valence-corrected chi connectivity index (χ3v) is 8.54. The third-order valence-electron chi connectivity index (χ3n) is 3.77. The largest absolute Gasteiger partial charge is 0.478 e. The number of amides is 1. The molecule has 0 radical (unpaired) electrons. The summed E-state index contributed by atoms with van der Waals surface area (Å²) in [5, 5.41) is 22.2. The van der Waals surface area contributed by atoms with Gasteiger partial charge in [0.05, 0.1) is 37.0 Å². The fourth-order valence-corrected chi connectivity index (χ4v) is 4.82. The molecule has 0 spiro atoms. The first-order valence-corrected chi connectivity index (χ1v) is 11.7. The molecule has 0 unspecified atom stereocenters. The number of nitrogens with zero attached hydrogens (tertiary/aromatic N) is 1. The maximum absolute atomic E-state index is 12.9. The van der Waals surface area contributed by atoms with Gasteiger partial charge < -0.3 is 24.6 Å². The van der Waals surface area contributed by atoms with Crippen LogP contribution >= 0.6 is 63.7 Å². The molecule has 0 aliphatic rings. The van der Waals surface area contributed by atoms with Crippen LogP contribution in [0.3, 0.4) is 0 Å². The molecule has 2 aromatic rings. The molecule has 0 aliphatic heterocycles. The van der Waals surface area contributed by atoms with E-state index in [4.69, 9.17) is 14.2 Å². The zero-order chi connectivity index (χ0) is 23.1. The highest BCUT2D eigenvalue weighted by molar-refractivity contribution is 9.15. The molecule has 0 aliphatic carbocycles. The predicted molar refractivity (Wildman–Crippen MR) is 124 cm³/mol. The van der Waals surface area contributed by atoms with Gasteiger partial charge in [-0.25, -0.2) is 4.79 Å². The summed E-state index contributed by atoms with van der Waals surface area (Å²) in [6.45, 7) is 1.41. The number of benzene rings is 1. The van der Waals surface area contributed by atoms with Crippen LogP contribution in [0.25, 0.3) is 0 Å². The van der Waals surface area contributed by atoms with Crippen molar-refractivity contribution in [3.63, 3.8) is 0 Å². The van der Waals surface area contributed by atoms with E-state index in [1.54, 1.807) is 7.11 Å². The lowest BCUT2D eigenvalue weighted by molar-refractivity contribution is -0.906. The Morgan fingerprint density at radius 1 is 0.968 bits per heavy atom. The number of halogens is 4. The van der Waals surface area contributed by atoms with E-state index in [0.717, 1.165) is 0 Å². The van der Waals surface area contributed by atoms with Crippen LogP contribution in [0, 0.1) is 0 Å². The van der Waals surface area contributed by atoms with Crippen LogP contribution in [0.15, 0.2) is 36.2 Å². The number of rotatable bonds is 10. The first-order valence-electron chi connectivity index (χ1n) is 8.54. The van der Waals surface area contributed by atoms with Crippen molar-refractivity contribution in [3.05, 3.63) is 47.3 Å². The van der Waals surface area contributed by atoms with E-state index >= 15 is 0 Å². The normalized spacial score (nSPS) is 10.7. The molecule has 9 nitrogen and oxygen atoms in total. The Balaban J connectivity index is 2.16. The maximum Gasteiger partial charge on any atom is 0.416 e. The Morgan fingerprint density at radius 3 is 2.16 bits per heavy atom. The molecule has 0 saturated heterocycles. The van der Waals surface area contributed by atoms with Crippen molar-refractivity contribution >= 4 is 81.3 Å². The Morgan fingerprint density at radius 2 is 1.58 bits per heavy atom. The smallest absolute Gasteiger partial charge is 0.416 e. The molecule has 0 bridgehead atoms. The van der Waals surface area contributed by atoms with Crippen molar-refractivity contribution in [2.75, 3.05) is 38.9 Å². The van der Waals surface area contributed by atoms with Gasteiger partial charge in [0, 0.05) is 29.7 Å². The molecule has 1 heterocycles. The number of carboxylic acid groups (broad SMARTS) is 1. The monoisotopic (exact) mass is 689 g/mol. The molecule has 3 N–H and O–H groups in total. The third kappa shape index (κ3) is 6.62. The van der Waals surface area contributed by atoms with Crippen LogP contribution in [-0.2, 0) is 9.47 Å². The number of ether oxygens (including phenoxy) is 3. The highest BCUT2D eigenvalue weighted by atomic mass is 79.9. The number of aromatic nitrogens is 1. The van der Waals surface area contributed by atoms with Crippen LogP contribution in [0.5, 0.6) is 5.88 Å². The van der Waals surface area contributed by atoms with E-state index in [1.165, 1.54) is 18.3 Å². The van der Waals surface area contributed by atoms with Crippen molar-refractivity contribution in [3.8, 4) is 5.88 Å². The van der Waals surface area contributed by atoms with Crippen molar-refractivity contribution < 1.29 is 38.8 Å². The highest BCUT2D eigenvalue weighted by Gasteiger charge is 2.28. The first kappa shape index (κ1) is 26.0. The lowest BCUT2D eigenvalue weighted by Crippen LogP contribution is -2.33. The van der Waals surface area contributed by atoms with Crippen LogP contribution in [-0.4, -0.2) is 55.7 Å². The topological polar surface area (TPSA) is 118 Å². The molecule has 2 rings (SSSR count). The highest BCUT2D eigenvalue weighted by Crippen LogP contribution is 2.42. The minimum absolute atomic E-state index is 0.104. The van der Waals surface area contributed by atoms with Gasteiger partial charge in [-0.15, -0.1) is 0 Å². The zero-order valence-electron chi connectivity index (χ0n) is 16.0. The van der Waals surface area contributed by atoms with Crippen molar-refractivity contribution in [2.24, 2.45) is 0 Å². The van der Waals surface area contributed by atoms with Gasteiger partial charge in [-0.2, -0.15) is 0 Å². The summed E-state index contributed by atoms with van der Waals surface area (Å²) >= 11 is 13.0. The Bertz CT molecular complexity index is 988. The Hall–Kier alpha value is -1.25. The number of hydrogen-bond acceptors (Lipinski definition) is 6. The van der Waals surface area contributed by atoms with Gasteiger partial charge >= 0.3 is 11.8 Å². The van der Waals surface area contributed by atoms with Gasteiger partial charge in [0.2, 0.25) is 6.20 Å². The summed E-state index contributed by atoms with van der Waals surface area (Å²) in [4.78, 5) is 24.6. The maximum atomic E-state index is 12.9. The number of hydrogen-bond donors (Lipinski definition) is 3. The van der Waals surface area contributed by atoms with Crippen molar-refractivity contribution in [1.82, 2.24) is 0 Å². The summed E-state index contributed by atoms with van der Waals surface area (Å²) in [6, 6.07) is 2.95. The van der Waals surface area contributed by atoms with Crippen molar-refractivity contribution in [2.45, 2.75) is 0 Å². The molecule has 31 heavy (non-hydrogen) atoms. The molecule has 0 saturated carbocycles. The van der Waals surface area contributed by atoms with Gasteiger partial charge in [0.1, 0.15) is 12.3 Å². The SMILES string of the molecule is COCCOCCOc1ccc(NC(=O)c2c(Br)c(Br)c(Br)c(Br)c2C(=O)O)c[n+]1O. The average Bonchev–Trinajstić information content (AvgIpc) is 2.72. The number of carboxylic acids is 1. The molecule has 1 aromatic carbocycles. The van der Waals surface area contributed by atoms with Gasteiger partial charge in [0.15, 0.2) is 0 Å². The predicted octanol–water partition coefficient (Wildman–Crippen LogP) is 4.25. The number of pyridine rings is 1. The molecule has 168 valence electrons. The van der Waals surface area contributed by atoms with Crippen LogP contribution in [0.2, 0.25) is 0 Å². The van der Waals surface area contributed by atoms with E-state index < -0.39 is 11.9 Å². The summed E-state index contributed by atoms with van der Waals surface area (Å²) in [5.74, 6) is -1.85. The van der Waals surface area contributed by atoms with Gasteiger partial charge in [0.25, 0.3) is 5.91 Å². The molecule has 0 fully saturated rings. The number of aromatic carboxylic acids is 1. The minimum Gasteiger partial charge on any atom is -0.478 e. The van der Waals surface area contributed by atoms with Crippen LogP contribution in [0.1, 0.15) is 20.7 Å². The quantitative estimate of drug-likeness (QED) is 0.112. The molecule has 13 heteroatoms. The summed E-state index contributed by atoms with van der Waals surface area (Å²) < 4.78 is 17.6. The van der Waals surface area contributed by atoms with Gasteiger partial charge in [-0.05, 0) is 69.8 Å². The molecular weight excluding hydrogens is 676 g/mol. The zero-order valence-corrected chi connectivity index (χ0v) is 22.3. The number of carbonyl (C=O) groups is 2. The fraction of sp³-hybridized carbons (Fsp3) is 0.278. The number of nitrogens with one attached hydrogen (secondary N) is 1. The lowest BCUT2D eigenvalue weighted by atomic mass is 10.1. The van der Waals surface area contributed by atoms with E-state index in [9.17, 15) is 19.9 Å². The van der Waals surface area contributed by atoms with E-state index in [2.05, 4.69) is 69.0 Å². The number of carbonyl (C=O) groups excluding carboxylic acids is 1. The van der Waals surface area contributed by atoms with Crippen LogP contribution < -0.4 is 14.8 Å². The second kappa shape index (κ2) is 12.1. The van der Waals surface area contributed by atoms with Gasteiger partial charge in [-0.1, -0.05) is 0 Å². The van der Waals surface area contributed by atoms with Crippen molar-refractivity contribution in [1.29, 1.82) is 0 Å². The summed E-state index contributed by atoms with van der Waals surface area (Å²) in [6.07, 6.45) is 1.22. The van der Waals surface area contributed by atoms with Gasteiger partial charge in [-0.3, -0.25) is 10.0 Å². The first-order chi connectivity index (χ1) is 14.7. The fourth-order valence-electron chi connectivity index (χ4n) is 2.35. The lowest BCUT2D eigenvalue weighted by Gasteiger charge is -2.14. The Kier molecular flexibility index (Phi) is 10.2. The molecule has 1 aromatic heterocycles. The van der Waals surface area contributed by atoms with Crippen LogP contribution in [0.4, 0.5) is 5.69 Å². The molecule has 0 atom stereocenters. The second-order valence-electron chi connectivity index (χ2n) is 5.82. The standard InChI is InChI=1S/C18H16Br4N2O7/c1-29-4-5-30-6-7-31-10-3-2-9(8-24(10)28)23-17(25)11-12(18(26)27)14(20)16(22)15(21)13(11)19/h2-3,8H,4-7H2,1H3,(H2-,23,25,26,27,28)/p+1. The van der Waals surface area contributed by atoms with E-state index in [1.807, 2.05) is 0 Å². The number of methoxy groups -OCH3 is 1. The summed E-state index contributed by atoms with van der Waals surface area (Å²) in [5.41, 5.74) is -0.119. The minimum atomic E-state index is -1.29. The summed E-state index contributed by atoms with van der Waals surface area (Å²) in [7, 11) is 1.57. The number of anilines is 1. The van der Waals surface area contributed by atoms with E-state index in [-0.39, 0.29) is 38.2 Å².